The van der Waals surface area contributed by atoms with Crippen LogP contribution in [0.4, 0.5) is 16.0 Å². The van der Waals surface area contributed by atoms with Crippen molar-refractivity contribution >= 4 is 27.4 Å². The Hall–Kier alpha value is -2.75. The number of anilines is 2. The van der Waals surface area contributed by atoms with Crippen LogP contribution in [-0.2, 0) is 14.6 Å². The lowest BCUT2D eigenvalue weighted by molar-refractivity contribution is -0.137. The molecule has 1 atom stereocenters. The molecule has 0 spiro atoms. The Labute approximate surface area is 187 Å². The molecule has 0 unspecified atom stereocenters. The maximum absolute atomic E-state index is 14.5. The molecule has 2 saturated heterocycles. The van der Waals surface area contributed by atoms with Gasteiger partial charge in [0.15, 0.2) is 9.84 Å². The smallest absolute Gasteiger partial charge is 0.245 e. The van der Waals surface area contributed by atoms with Crippen LogP contribution in [0.1, 0.15) is 31.2 Å². The fourth-order valence-corrected chi connectivity index (χ4v) is 4.99. The number of hydrogen-bond donors (Lipinski definition) is 1. The summed E-state index contributed by atoms with van der Waals surface area (Å²) in [6.45, 7) is 4.20. The van der Waals surface area contributed by atoms with Gasteiger partial charge in [0, 0.05) is 44.3 Å². The van der Waals surface area contributed by atoms with Crippen molar-refractivity contribution in [3.05, 3.63) is 42.0 Å². The van der Waals surface area contributed by atoms with Gasteiger partial charge in [-0.05, 0) is 56.4 Å². The molecule has 10 heteroatoms. The molecule has 1 aromatic carbocycles. The summed E-state index contributed by atoms with van der Waals surface area (Å²) in [7, 11) is -3.49. The molecule has 32 heavy (non-hydrogen) atoms. The lowest BCUT2D eigenvalue weighted by atomic mass is 9.97. The summed E-state index contributed by atoms with van der Waals surface area (Å²) >= 11 is 0. The second kappa shape index (κ2) is 9.01. The second-order valence-electron chi connectivity index (χ2n) is 8.56. The normalized spacial score (nSPS) is 20.5. The van der Waals surface area contributed by atoms with E-state index in [0.29, 0.717) is 18.9 Å². The Kier molecular flexibility index (Phi) is 6.32. The maximum atomic E-state index is 14.5. The van der Waals surface area contributed by atoms with E-state index < -0.39 is 21.7 Å². The van der Waals surface area contributed by atoms with E-state index >= 15 is 0 Å². The highest BCUT2D eigenvalue weighted by atomic mass is 32.2. The van der Waals surface area contributed by atoms with Crippen LogP contribution < -0.4 is 10.2 Å². The summed E-state index contributed by atoms with van der Waals surface area (Å²) in [5.41, 5.74) is 1.16. The first kappa shape index (κ1) is 22.4. The van der Waals surface area contributed by atoms with E-state index in [1.165, 1.54) is 12.1 Å². The van der Waals surface area contributed by atoms with Crippen LogP contribution in [0.25, 0.3) is 0 Å². The van der Waals surface area contributed by atoms with Gasteiger partial charge in [-0.2, -0.15) is 0 Å². The number of aromatic nitrogens is 2. The van der Waals surface area contributed by atoms with E-state index in [2.05, 4.69) is 20.2 Å². The molecule has 2 aliphatic rings. The predicted octanol–water partition coefficient (Wildman–Crippen LogP) is 2.40. The predicted molar refractivity (Wildman–Crippen MR) is 120 cm³/mol. The van der Waals surface area contributed by atoms with E-state index in [0.717, 1.165) is 50.2 Å². The SMILES string of the molecule is Cc1cnc(N2CCC(N3CCC[C@H](Nc4ccc(S(C)(=O)=O)cc4F)C3=O)CC2)nc1. The van der Waals surface area contributed by atoms with Crippen molar-refractivity contribution in [1.82, 2.24) is 14.9 Å². The number of nitrogens with one attached hydrogen (secondary N) is 1. The van der Waals surface area contributed by atoms with Crippen LogP contribution >= 0.6 is 0 Å². The third-order valence-electron chi connectivity index (χ3n) is 6.13. The molecule has 0 bridgehead atoms. The lowest BCUT2D eigenvalue weighted by Crippen LogP contribution is -2.54. The number of halogens is 1. The highest BCUT2D eigenvalue weighted by Gasteiger charge is 2.35. The molecular weight excluding hydrogens is 433 g/mol. The van der Waals surface area contributed by atoms with E-state index in [4.69, 9.17) is 0 Å². The molecule has 2 fully saturated rings. The summed E-state index contributed by atoms with van der Waals surface area (Å²) in [6, 6.07) is 3.34. The molecule has 0 aliphatic carbocycles. The van der Waals surface area contributed by atoms with Crippen molar-refractivity contribution in [2.75, 3.05) is 36.1 Å². The van der Waals surface area contributed by atoms with Crippen LogP contribution in [0.3, 0.4) is 0 Å². The van der Waals surface area contributed by atoms with Gasteiger partial charge >= 0.3 is 0 Å². The van der Waals surface area contributed by atoms with E-state index in [1.807, 2.05) is 11.8 Å². The summed E-state index contributed by atoms with van der Waals surface area (Å²) in [5, 5.41) is 3.00. The van der Waals surface area contributed by atoms with E-state index in [-0.39, 0.29) is 22.5 Å². The van der Waals surface area contributed by atoms with Gasteiger partial charge in [0.05, 0.1) is 10.6 Å². The Morgan fingerprint density at radius 2 is 1.78 bits per heavy atom. The Bertz CT molecular complexity index is 1090. The highest BCUT2D eigenvalue weighted by molar-refractivity contribution is 7.90. The summed E-state index contributed by atoms with van der Waals surface area (Å²) in [6.07, 6.45) is 7.74. The quantitative estimate of drug-likeness (QED) is 0.731. The molecule has 3 heterocycles. The number of likely N-dealkylation sites (tertiary alicyclic amines) is 1. The van der Waals surface area contributed by atoms with Gasteiger partial charge in [-0.1, -0.05) is 0 Å². The number of aryl methyl sites for hydroxylation is 1. The summed E-state index contributed by atoms with van der Waals surface area (Å²) in [5.74, 6) is 0.00343. The zero-order valence-electron chi connectivity index (χ0n) is 18.3. The van der Waals surface area contributed by atoms with Crippen LogP contribution in [0.5, 0.6) is 0 Å². The fourth-order valence-electron chi connectivity index (χ4n) is 4.35. The van der Waals surface area contributed by atoms with Gasteiger partial charge in [0.1, 0.15) is 11.9 Å². The van der Waals surface area contributed by atoms with Crippen molar-refractivity contribution in [1.29, 1.82) is 0 Å². The maximum Gasteiger partial charge on any atom is 0.245 e. The number of sulfone groups is 1. The molecule has 4 rings (SSSR count). The molecule has 1 aromatic heterocycles. The average molecular weight is 462 g/mol. The third-order valence-corrected chi connectivity index (χ3v) is 7.24. The van der Waals surface area contributed by atoms with Crippen LogP contribution in [-0.4, -0.2) is 67.2 Å². The van der Waals surface area contributed by atoms with Gasteiger partial charge in [-0.3, -0.25) is 4.79 Å². The Balaban J connectivity index is 1.39. The number of carbonyl (C=O) groups is 1. The second-order valence-corrected chi connectivity index (χ2v) is 10.6. The number of piperidine rings is 2. The molecule has 172 valence electrons. The van der Waals surface area contributed by atoms with Crippen molar-refractivity contribution in [2.24, 2.45) is 0 Å². The van der Waals surface area contributed by atoms with Gasteiger partial charge in [-0.15, -0.1) is 0 Å². The molecule has 0 saturated carbocycles. The minimum Gasteiger partial charge on any atom is -0.371 e. The Morgan fingerprint density at radius 3 is 2.41 bits per heavy atom. The zero-order valence-corrected chi connectivity index (χ0v) is 19.1. The van der Waals surface area contributed by atoms with Crippen molar-refractivity contribution in [3.8, 4) is 0 Å². The molecule has 1 N–H and O–H groups in total. The minimum atomic E-state index is -3.49. The standard InChI is InChI=1S/C22H28FN5O3S/c1-15-13-24-22(25-14-15)27-10-7-16(8-11-27)28-9-3-4-20(21(28)29)26-19-6-5-17(12-18(19)23)32(2,30)31/h5-6,12-14,16,20,26H,3-4,7-11H2,1-2H3/t20-/m0/s1. The van der Waals surface area contributed by atoms with E-state index in [1.54, 1.807) is 12.4 Å². The van der Waals surface area contributed by atoms with Gasteiger partial charge in [0.25, 0.3) is 0 Å². The first-order chi connectivity index (χ1) is 15.2. The highest BCUT2D eigenvalue weighted by Crippen LogP contribution is 2.27. The molecule has 8 nitrogen and oxygen atoms in total. The van der Waals surface area contributed by atoms with Crippen molar-refractivity contribution < 1.29 is 17.6 Å². The molecule has 0 radical (unpaired) electrons. The third kappa shape index (κ3) is 4.85. The minimum absolute atomic E-state index is 0.0344. The summed E-state index contributed by atoms with van der Waals surface area (Å²) < 4.78 is 37.7. The number of hydrogen-bond acceptors (Lipinski definition) is 7. The van der Waals surface area contributed by atoms with Gasteiger partial charge in [-0.25, -0.2) is 22.8 Å². The van der Waals surface area contributed by atoms with Crippen LogP contribution in [0.2, 0.25) is 0 Å². The van der Waals surface area contributed by atoms with Crippen molar-refractivity contribution in [3.63, 3.8) is 0 Å². The first-order valence-electron chi connectivity index (χ1n) is 10.8. The molecule has 2 aromatic rings. The first-order valence-corrected chi connectivity index (χ1v) is 12.7. The summed E-state index contributed by atoms with van der Waals surface area (Å²) in [4.78, 5) is 25.9. The molecule has 1 amide bonds. The monoisotopic (exact) mass is 461 g/mol. The van der Waals surface area contributed by atoms with Crippen LogP contribution in [0, 0.1) is 12.7 Å². The average Bonchev–Trinajstić information content (AvgIpc) is 2.76. The Morgan fingerprint density at radius 1 is 1.09 bits per heavy atom. The van der Waals surface area contributed by atoms with Crippen molar-refractivity contribution in [2.45, 2.75) is 49.6 Å². The number of rotatable bonds is 5. The number of benzene rings is 1. The topological polar surface area (TPSA) is 95.5 Å². The van der Waals surface area contributed by atoms with Gasteiger partial charge < -0.3 is 15.1 Å². The zero-order chi connectivity index (χ0) is 22.9. The number of nitrogens with zero attached hydrogens (tertiary/aromatic N) is 4. The van der Waals surface area contributed by atoms with Crippen LogP contribution in [0.15, 0.2) is 35.5 Å². The molecule has 2 aliphatic heterocycles. The lowest BCUT2D eigenvalue weighted by Gasteiger charge is -2.42. The number of carbonyl (C=O) groups excluding carboxylic acids is 1. The fraction of sp³-hybridized carbons (Fsp3) is 0.500. The van der Waals surface area contributed by atoms with Gasteiger partial charge in [0.2, 0.25) is 11.9 Å². The largest absolute Gasteiger partial charge is 0.371 e. The van der Waals surface area contributed by atoms with E-state index in [9.17, 15) is 17.6 Å². The molecular formula is C22H28FN5O3S. The number of amides is 1.